The number of benzene rings is 1. The zero-order valence-electron chi connectivity index (χ0n) is 13.9. The van der Waals surface area contributed by atoms with E-state index in [-0.39, 0.29) is 17.8 Å². The number of guanidine groups is 2. The zero-order chi connectivity index (χ0) is 17.7. The van der Waals surface area contributed by atoms with Crippen molar-refractivity contribution in [3.05, 3.63) is 18.2 Å². The van der Waals surface area contributed by atoms with Gasteiger partial charge in [0, 0.05) is 44.9 Å². The smallest absolute Gasteiger partial charge is 0.223 e. The average molecular weight is 333 g/mol. The van der Waals surface area contributed by atoms with E-state index in [1.165, 1.54) is 0 Å². The Bertz CT molecular complexity index is 660. The average Bonchev–Trinajstić information content (AvgIpc) is 2.54. The molecule has 1 amide bonds. The first kappa shape index (κ1) is 17.4. The van der Waals surface area contributed by atoms with E-state index in [0.717, 1.165) is 18.8 Å². The van der Waals surface area contributed by atoms with Crippen molar-refractivity contribution >= 4 is 29.2 Å². The highest BCUT2D eigenvalue weighted by atomic mass is 16.5. The molecule has 9 nitrogen and oxygen atoms in total. The van der Waals surface area contributed by atoms with Gasteiger partial charge < -0.3 is 31.7 Å². The van der Waals surface area contributed by atoms with Gasteiger partial charge in [-0.15, -0.1) is 0 Å². The van der Waals surface area contributed by atoms with Gasteiger partial charge >= 0.3 is 0 Å². The number of hydrogen-bond acceptors (Lipinski definition) is 4. The van der Waals surface area contributed by atoms with E-state index in [9.17, 15) is 4.79 Å². The number of carbonyl (C=O) groups excluding carboxylic acids is 1. The van der Waals surface area contributed by atoms with E-state index >= 15 is 0 Å². The van der Waals surface area contributed by atoms with Crippen molar-refractivity contribution in [2.45, 2.75) is 6.92 Å². The number of nitrogens with zero attached hydrogens (tertiary/aromatic N) is 4. The summed E-state index contributed by atoms with van der Waals surface area (Å²) in [6, 6.07) is 5.60. The fourth-order valence-corrected chi connectivity index (χ4v) is 2.52. The molecular weight excluding hydrogens is 310 g/mol. The molecule has 1 saturated heterocycles. The number of hydrogen-bond donors (Lipinski definition) is 3. The Kier molecular flexibility index (Phi) is 5.46. The second-order valence-electron chi connectivity index (χ2n) is 5.36. The van der Waals surface area contributed by atoms with Crippen LogP contribution in [-0.2, 0) is 4.79 Å². The summed E-state index contributed by atoms with van der Waals surface area (Å²) in [4.78, 5) is 23.2. The van der Waals surface area contributed by atoms with Crippen LogP contribution in [0.25, 0.3) is 0 Å². The number of aliphatic imine (C=N–C) groups is 2. The van der Waals surface area contributed by atoms with Crippen molar-refractivity contribution in [1.29, 1.82) is 0 Å². The molecule has 0 atom stereocenters. The third-order valence-corrected chi connectivity index (χ3v) is 3.73. The Morgan fingerprint density at radius 1 is 1.17 bits per heavy atom. The molecule has 9 heteroatoms. The summed E-state index contributed by atoms with van der Waals surface area (Å²) in [6.45, 7) is 4.53. The van der Waals surface area contributed by atoms with Crippen molar-refractivity contribution in [3.8, 4) is 5.75 Å². The first-order valence-electron chi connectivity index (χ1n) is 7.53. The molecule has 0 aromatic heterocycles. The van der Waals surface area contributed by atoms with Crippen LogP contribution in [0.2, 0.25) is 0 Å². The second-order valence-corrected chi connectivity index (χ2v) is 5.36. The largest absolute Gasteiger partial charge is 0.494 e. The van der Waals surface area contributed by atoms with Crippen LogP contribution in [0.4, 0.5) is 11.4 Å². The molecule has 0 aliphatic carbocycles. The Morgan fingerprint density at radius 3 is 2.38 bits per heavy atom. The molecule has 0 bridgehead atoms. The number of carbonyl (C=O) groups is 1. The molecule has 1 aromatic carbocycles. The highest BCUT2D eigenvalue weighted by Crippen LogP contribution is 2.32. The predicted molar refractivity (Wildman–Crippen MR) is 94.6 cm³/mol. The molecule has 1 heterocycles. The van der Waals surface area contributed by atoms with Crippen LogP contribution in [0.3, 0.4) is 0 Å². The van der Waals surface area contributed by atoms with Crippen LogP contribution < -0.4 is 26.8 Å². The normalized spacial score (nSPS) is 15.2. The summed E-state index contributed by atoms with van der Waals surface area (Å²) in [5, 5.41) is 0. The lowest BCUT2D eigenvalue weighted by molar-refractivity contribution is -0.129. The van der Waals surface area contributed by atoms with E-state index in [1.54, 1.807) is 20.1 Å². The maximum absolute atomic E-state index is 11.4. The highest BCUT2D eigenvalue weighted by molar-refractivity contribution is 5.94. The quantitative estimate of drug-likeness (QED) is 0.508. The van der Waals surface area contributed by atoms with Crippen molar-refractivity contribution in [3.63, 3.8) is 0 Å². The van der Waals surface area contributed by atoms with E-state index in [4.69, 9.17) is 21.9 Å². The monoisotopic (exact) mass is 333 g/mol. The number of amides is 1. The van der Waals surface area contributed by atoms with Gasteiger partial charge in [-0.1, -0.05) is 0 Å². The molecule has 0 unspecified atom stereocenters. The van der Waals surface area contributed by atoms with E-state index in [2.05, 4.69) is 14.9 Å². The maximum atomic E-state index is 11.4. The summed E-state index contributed by atoms with van der Waals surface area (Å²) >= 11 is 0. The number of rotatable bonds is 3. The maximum Gasteiger partial charge on any atom is 0.223 e. The molecule has 2 rings (SSSR count). The fraction of sp³-hybridized carbons (Fsp3) is 0.400. The van der Waals surface area contributed by atoms with E-state index in [0.29, 0.717) is 24.5 Å². The van der Waals surface area contributed by atoms with Gasteiger partial charge in [-0.25, -0.2) is 4.99 Å². The number of ether oxygens (including phenoxy) is 1. The van der Waals surface area contributed by atoms with Gasteiger partial charge in [0.15, 0.2) is 5.96 Å². The Labute approximate surface area is 140 Å². The number of anilines is 1. The van der Waals surface area contributed by atoms with Crippen LogP contribution in [0.1, 0.15) is 6.92 Å². The first-order valence-corrected chi connectivity index (χ1v) is 7.53. The Morgan fingerprint density at radius 2 is 1.83 bits per heavy atom. The second kappa shape index (κ2) is 7.53. The van der Waals surface area contributed by atoms with Gasteiger partial charge in [0.05, 0.1) is 7.11 Å². The summed E-state index contributed by atoms with van der Waals surface area (Å²) < 4.78 is 5.38. The molecule has 24 heavy (non-hydrogen) atoms. The standard InChI is InChI=1S/C15H23N7O2/c1-10(23)21-5-7-22(8-6-21)11-3-4-12(13(9-11)24-2)19-15(18)20-14(16)17/h3-4,9H,5-8H2,1-2H3,(H6,16,17,18,19,20). The number of methoxy groups -OCH3 is 1. The Hall–Kier alpha value is -2.97. The van der Waals surface area contributed by atoms with E-state index < -0.39 is 0 Å². The minimum atomic E-state index is -0.157. The molecule has 6 N–H and O–H groups in total. The molecule has 1 fully saturated rings. The minimum absolute atomic E-state index is 0.0453. The minimum Gasteiger partial charge on any atom is -0.494 e. The van der Waals surface area contributed by atoms with Crippen molar-refractivity contribution < 1.29 is 9.53 Å². The fourth-order valence-electron chi connectivity index (χ4n) is 2.52. The molecule has 0 radical (unpaired) electrons. The number of piperazine rings is 1. The van der Waals surface area contributed by atoms with Gasteiger partial charge in [-0.2, -0.15) is 4.99 Å². The lowest BCUT2D eigenvalue weighted by Crippen LogP contribution is -2.48. The first-order chi connectivity index (χ1) is 11.4. The van der Waals surface area contributed by atoms with Crippen molar-refractivity contribution in [1.82, 2.24) is 4.90 Å². The Balaban J connectivity index is 2.18. The SMILES string of the molecule is COc1cc(N2CCN(C(C)=O)CC2)ccc1N=C(N)N=C(N)N. The van der Waals surface area contributed by atoms with Crippen LogP contribution in [0.15, 0.2) is 28.2 Å². The highest BCUT2D eigenvalue weighted by Gasteiger charge is 2.19. The third-order valence-electron chi connectivity index (χ3n) is 3.73. The van der Waals surface area contributed by atoms with Gasteiger partial charge in [-0.05, 0) is 12.1 Å². The predicted octanol–water partition coefficient (Wildman–Crippen LogP) is -0.417. The van der Waals surface area contributed by atoms with Crippen molar-refractivity contribution in [2.75, 3.05) is 38.2 Å². The van der Waals surface area contributed by atoms with Crippen LogP contribution in [-0.4, -0.2) is 56.0 Å². The molecule has 1 aliphatic heterocycles. The molecule has 1 aromatic rings. The van der Waals surface area contributed by atoms with Crippen LogP contribution in [0, 0.1) is 0 Å². The molecule has 0 spiro atoms. The molecule has 0 saturated carbocycles. The molecule has 130 valence electrons. The number of nitrogens with two attached hydrogens (primary N) is 3. The van der Waals surface area contributed by atoms with Crippen LogP contribution in [0.5, 0.6) is 5.75 Å². The molecule has 1 aliphatic rings. The van der Waals surface area contributed by atoms with Gasteiger partial charge in [-0.3, -0.25) is 4.79 Å². The van der Waals surface area contributed by atoms with E-state index in [1.807, 2.05) is 17.0 Å². The van der Waals surface area contributed by atoms with Gasteiger partial charge in [0.25, 0.3) is 0 Å². The summed E-state index contributed by atoms with van der Waals surface area (Å²) in [5.74, 6) is 0.466. The lowest BCUT2D eigenvalue weighted by atomic mass is 10.2. The lowest BCUT2D eigenvalue weighted by Gasteiger charge is -2.35. The summed E-state index contributed by atoms with van der Waals surface area (Å²) in [7, 11) is 1.56. The van der Waals surface area contributed by atoms with Crippen LogP contribution >= 0.6 is 0 Å². The third kappa shape index (κ3) is 4.28. The van der Waals surface area contributed by atoms with Gasteiger partial charge in [0.2, 0.25) is 11.9 Å². The summed E-state index contributed by atoms with van der Waals surface area (Å²) in [6.07, 6.45) is 0. The van der Waals surface area contributed by atoms with Crippen molar-refractivity contribution in [2.24, 2.45) is 27.2 Å². The summed E-state index contributed by atoms with van der Waals surface area (Å²) in [5.41, 5.74) is 17.7. The van der Waals surface area contributed by atoms with Gasteiger partial charge in [0.1, 0.15) is 11.4 Å². The topological polar surface area (TPSA) is 136 Å². The molecular formula is C15H23N7O2. The zero-order valence-corrected chi connectivity index (χ0v) is 13.9.